The topological polar surface area (TPSA) is 89.9 Å². The van der Waals surface area contributed by atoms with Gasteiger partial charge < -0.3 is 19.1 Å². The highest BCUT2D eigenvalue weighted by Crippen LogP contribution is 2.47. The fraction of sp³-hybridized carbons (Fsp3) is 0.500. The summed E-state index contributed by atoms with van der Waals surface area (Å²) in [5.74, 6) is -3.42. The molecule has 2 aromatic carbocycles. The molecule has 2 bridgehead atoms. The third-order valence-electron chi connectivity index (χ3n) is 8.84. The van der Waals surface area contributed by atoms with Crippen molar-refractivity contribution in [1.82, 2.24) is 0 Å². The second kappa shape index (κ2) is 10.3. The lowest BCUT2D eigenvalue weighted by molar-refractivity contribution is -0.956. The first kappa shape index (κ1) is 25.5. The van der Waals surface area contributed by atoms with Gasteiger partial charge in [-0.05, 0) is 0 Å². The molecule has 3 atom stereocenters. The number of piperidine rings is 1. The van der Waals surface area contributed by atoms with Gasteiger partial charge in [-0.2, -0.15) is 0 Å². The molecule has 0 amide bonds. The first-order valence-corrected chi connectivity index (χ1v) is 13.5. The van der Waals surface area contributed by atoms with Crippen LogP contribution >= 0.6 is 0 Å². The fourth-order valence-corrected chi connectivity index (χ4v) is 7.00. The summed E-state index contributed by atoms with van der Waals surface area (Å²) < 4.78 is 13.5. The monoisotopic (exact) mass is 506 g/mol. The number of carboxylic acids is 1. The van der Waals surface area contributed by atoms with Gasteiger partial charge in [-0.25, -0.2) is 4.79 Å². The van der Waals surface area contributed by atoms with Gasteiger partial charge >= 0.3 is 17.9 Å². The van der Waals surface area contributed by atoms with Crippen LogP contribution in [0.15, 0.2) is 60.7 Å². The average molecular weight is 507 g/mol. The van der Waals surface area contributed by atoms with Gasteiger partial charge in [0, 0.05) is 49.7 Å². The molecule has 3 fully saturated rings. The number of esters is 2. The van der Waals surface area contributed by atoms with Crippen molar-refractivity contribution in [2.24, 2.45) is 5.92 Å². The van der Waals surface area contributed by atoms with E-state index in [1.54, 1.807) is 48.5 Å². The molecule has 0 aromatic heterocycles. The Labute approximate surface area is 218 Å². The molecule has 3 saturated heterocycles. The number of aliphatic carboxylic acids is 1. The molecule has 0 radical (unpaired) electrons. The number of benzene rings is 2. The summed E-state index contributed by atoms with van der Waals surface area (Å²) in [6, 6.07) is 18.8. The van der Waals surface area contributed by atoms with Crippen LogP contribution in [0.3, 0.4) is 0 Å². The molecular weight excluding hydrogens is 470 g/mol. The van der Waals surface area contributed by atoms with Crippen LogP contribution in [-0.4, -0.2) is 58.8 Å². The van der Waals surface area contributed by atoms with E-state index >= 15 is 0 Å². The predicted molar refractivity (Wildman–Crippen MR) is 136 cm³/mol. The third kappa shape index (κ3) is 4.65. The highest BCUT2D eigenvalue weighted by atomic mass is 16.6. The summed E-state index contributed by atoms with van der Waals surface area (Å²) in [7, 11) is 0. The van der Waals surface area contributed by atoms with Crippen LogP contribution in [0.2, 0.25) is 0 Å². The van der Waals surface area contributed by atoms with E-state index in [2.05, 4.69) is 0 Å². The Hall–Kier alpha value is -3.19. The Bertz CT molecular complexity index is 1070. The molecule has 3 aliphatic heterocycles. The Kier molecular flexibility index (Phi) is 7.08. The molecule has 37 heavy (non-hydrogen) atoms. The van der Waals surface area contributed by atoms with Crippen molar-refractivity contribution < 1.29 is 33.4 Å². The maximum Gasteiger partial charge on any atom is 0.360 e. The number of rotatable bonds is 8. The van der Waals surface area contributed by atoms with Crippen LogP contribution < -0.4 is 0 Å². The van der Waals surface area contributed by atoms with Gasteiger partial charge in [0.2, 0.25) is 0 Å². The smallest absolute Gasteiger partial charge is 0.360 e. The summed E-state index contributed by atoms with van der Waals surface area (Å²) in [5.41, 5.74) is -0.873. The first-order valence-electron chi connectivity index (χ1n) is 13.5. The number of nitrogens with zero attached hydrogens (tertiary/aromatic N) is 1. The molecule has 1 N–H and O–H groups in total. The zero-order valence-electron chi connectivity index (χ0n) is 21.4. The van der Waals surface area contributed by atoms with E-state index in [-0.39, 0.29) is 12.5 Å². The molecule has 3 heterocycles. The summed E-state index contributed by atoms with van der Waals surface area (Å²) in [4.78, 5) is 38.7. The number of quaternary nitrogens is 1. The third-order valence-corrected chi connectivity index (χ3v) is 8.84. The molecule has 5 rings (SSSR count). The largest absolute Gasteiger partial charge is 0.481 e. The van der Waals surface area contributed by atoms with Crippen molar-refractivity contribution in [2.75, 3.05) is 13.1 Å². The highest BCUT2D eigenvalue weighted by molar-refractivity contribution is 5.89. The van der Waals surface area contributed by atoms with Crippen molar-refractivity contribution in [2.45, 2.75) is 75.7 Å². The van der Waals surface area contributed by atoms with Crippen molar-refractivity contribution in [3.63, 3.8) is 0 Å². The molecule has 0 aliphatic carbocycles. The second-order valence-electron chi connectivity index (χ2n) is 11.0. The van der Waals surface area contributed by atoms with E-state index in [9.17, 15) is 19.5 Å². The quantitative estimate of drug-likeness (QED) is 0.421. The van der Waals surface area contributed by atoms with Crippen molar-refractivity contribution >= 4 is 17.9 Å². The molecule has 1 spiro atoms. The Morgan fingerprint density at radius 2 is 1.43 bits per heavy atom. The number of carbonyl (C=O) groups excluding carboxylic acids is 2. The molecule has 196 valence electrons. The van der Waals surface area contributed by atoms with Crippen molar-refractivity contribution in [3.8, 4) is 0 Å². The summed E-state index contributed by atoms with van der Waals surface area (Å²) in [6.45, 7) is 3.91. The number of ether oxygens (including phenoxy) is 2. The first-order chi connectivity index (χ1) is 17.8. The number of carbonyl (C=O) groups is 3. The van der Waals surface area contributed by atoms with E-state index in [0.717, 1.165) is 12.8 Å². The van der Waals surface area contributed by atoms with Gasteiger partial charge in [0.15, 0.2) is 0 Å². The van der Waals surface area contributed by atoms with E-state index in [1.807, 2.05) is 12.1 Å². The number of carboxylic acid groups (broad SMARTS) is 1. The second-order valence-corrected chi connectivity index (χ2v) is 11.0. The average Bonchev–Trinajstić information content (AvgIpc) is 3.44. The van der Waals surface area contributed by atoms with Crippen LogP contribution in [0.5, 0.6) is 0 Å². The predicted octanol–water partition coefficient (Wildman–Crippen LogP) is 4.43. The van der Waals surface area contributed by atoms with Crippen molar-refractivity contribution in [1.29, 1.82) is 0 Å². The minimum atomic E-state index is -1.83. The lowest BCUT2D eigenvalue weighted by atomic mass is 9.85. The summed E-state index contributed by atoms with van der Waals surface area (Å²) >= 11 is 0. The van der Waals surface area contributed by atoms with Crippen LogP contribution in [0.1, 0.15) is 63.0 Å². The van der Waals surface area contributed by atoms with Gasteiger partial charge in [0.1, 0.15) is 6.10 Å². The van der Waals surface area contributed by atoms with Gasteiger partial charge in [-0.1, -0.05) is 67.6 Å². The zero-order chi connectivity index (χ0) is 26.0. The van der Waals surface area contributed by atoms with Crippen LogP contribution in [0.4, 0.5) is 0 Å². The van der Waals surface area contributed by atoms with E-state index in [0.29, 0.717) is 23.2 Å². The van der Waals surface area contributed by atoms with Gasteiger partial charge in [0.25, 0.3) is 5.60 Å². The van der Waals surface area contributed by atoms with Crippen LogP contribution in [-0.2, 0) is 29.5 Å². The van der Waals surface area contributed by atoms with Gasteiger partial charge in [-0.3, -0.25) is 9.59 Å². The lowest BCUT2D eigenvalue weighted by Gasteiger charge is -2.47. The van der Waals surface area contributed by atoms with Gasteiger partial charge in [-0.15, -0.1) is 0 Å². The molecule has 7 nitrogen and oxygen atoms in total. The van der Waals surface area contributed by atoms with E-state index in [1.165, 1.54) is 50.2 Å². The molecule has 0 saturated carbocycles. The standard InChI is InChI=1S/C30H35NO6/c1-21(28(33)34)18-27(32)37-30(22-10-4-2-5-11-22,23-12-6-3-7-13-23)29(35)36-26-19-24-14-15-25(20-26)31(24)16-8-9-17-31/h2-7,10-13,21,24-26H,8-9,14-20H2,1H3/p+1. The lowest BCUT2D eigenvalue weighted by Crippen LogP contribution is -2.60. The molecule has 2 aromatic rings. The molecule has 7 heteroatoms. The minimum Gasteiger partial charge on any atom is -0.481 e. The Balaban J connectivity index is 1.47. The zero-order valence-corrected chi connectivity index (χ0v) is 21.4. The molecule has 3 aliphatic rings. The van der Waals surface area contributed by atoms with Crippen LogP contribution in [0, 0.1) is 5.92 Å². The number of hydrogen-bond donors (Lipinski definition) is 1. The van der Waals surface area contributed by atoms with Gasteiger partial charge in [0.05, 0.1) is 37.5 Å². The van der Waals surface area contributed by atoms with E-state index < -0.39 is 29.4 Å². The SMILES string of the molecule is CC(CC(=O)OC(C(=O)OC1CC2CCC(C1)[N+]21CCCC1)(c1ccccc1)c1ccccc1)C(=O)O. The number of hydrogen-bond acceptors (Lipinski definition) is 5. The maximum atomic E-state index is 14.2. The maximum absolute atomic E-state index is 14.2. The highest BCUT2D eigenvalue weighted by Gasteiger charge is 2.57. The Morgan fingerprint density at radius 1 is 0.919 bits per heavy atom. The molecular formula is C30H36NO6+. The van der Waals surface area contributed by atoms with E-state index in [4.69, 9.17) is 9.47 Å². The normalized spacial score (nSPS) is 24.9. The summed E-state index contributed by atoms with van der Waals surface area (Å²) in [5, 5.41) is 9.33. The summed E-state index contributed by atoms with van der Waals surface area (Å²) in [6.07, 6.45) is 5.94. The minimum absolute atomic E-state index is 0.238. The Morgan fingerprint density at radius 3 is 1.92 bits per heavy atom. The van der Waals surface area contributed by atoms with Crippen LogP contribution in [0.25, 0.3) is 0 Å². The molecule has 3 unspecified atom stereocenters. The van der Waals surface area contributed by atoms with Crippen molar-refractivity contribution in [3.05, 3.63) is 71.8 Å². The fourth-order valence-electron chi connectivity index (χ4n) is 7.00.